The molecule has 0 aromatic carbocycles. The van der Waals surface area contributed by atoms with E-state index in [1.165, 1.54) is 0 Å². The first-order valence-electron chi connectivity index (χ1n) is 4.14. The Morgan fingerprint density at radius 2 is 2.23 bits per heavy atom. The normalized spacial score (nSPS) is 15.3. The van der Waals surface area contributed by atoms with Gasteiger partial charge in [0.1, 0.15) is 0 Å². The highest BCUT2D eigenvalue weighted by Gasteiger charge is 2.16. The molecule has 72 valence electrons. The number of hydrogen-bond acceptors (Lipinski definition) is 4. The maximum atomic E-state index is 5.90. The summed E-state index contributed by atoms with van der Waals surface area (Å²) in [6.07, 6.45) is 3.25. The van der Waals surface area contributed by atoms with Crippen LogP contribution < -0.4 is 11.5 Å². The second kappa shape index (κ2) is 4.20. The molecule has 0 bridgehead atoms. The minimum absolute atomic E-state index is 0.0634. The summed E-state index contributed by atoms with van der Waals surface area (Å²) >= 11 is 0. The fraction of sp³-hybridized carbons (Fsp3) is 0.444. The van der Waals surface area contributed by atoms with Gasteiger partial charge in [0, 0.05) is 30.8 Å². The number of anilines is 1. The van der Waals surface area contributed by atoms with Crippen LogP contribution >= 0.6 is 0 Å². The van der Waals surface area contributed by atoms with Gasteiger partial charge < -0.3 is 16.2 Å². The van der Waals surface area contributed by atoms with Gasteiger partial charge in [0.25, 0.3) is 0 Å². The Labute approximate surface area is 77.9 Å². The molecule has 1 aromatic rings. The van der Waals surface area contributed by atoms with Gasteiger partial charge in [0.15, 0.2) is 0 Å². The molecule has 0 saturated heterocycles. The third-order valence-electron chi connectivity index (χ3n) is 2.12. The summed E-state index contributed by atoms with van der Waals surface area (Å²) in [6.45, 7) is 1.90. The highest BCUT2D eigenvalue weighted by atomic mass is 16.5. The maximum absolute atomic E-state index is 5.90. The van der Waals surface area contributed by atoms with Crippen molar-refractivity contribution < 1.29 is 4.74 Å². The molecule has 1 rings (SSSR count). The predicted octanol–water partition coefficient (Wildman–Crippen LogP) is 0.699. The molecular weight excluding hydrogens is 166 g/mol. The zero-order valence-electron chi connectivity index (χ0n) is 7.90. The van der Waals surface area contributed by atoms with Crippen LogP contribution in [0.15, 0.2) is 18.5 Å². The molecule has 4 nitrogen and oxygen atoms in total. The van der Waals surface area contributed by atoms with Gasteiger partial charge in [-0.05, 0) is 13.0 Å². The van der Waals surface area contributed by atoms with Gasteiger partial charge in [0.05, 0.1) is 12.1 Å². The van der Waals surface area contributed by atoms with Crippen LogP contribution in [0.3, 0.4) is 0 Å². The van der Waals surface area contributed by atoms with Crippen molar-refractivity contribution in [2.24, 2.45) is 5.73 Å². The number of pyridine rings is 1. The molecule has 0 aliphatic carbocycles. The van der Waals surface area contributed by atoms with Gasteiger partial charge in [-0.15, -0.1) is 0 Å². The Bertz CT molecular complexity index is 277. The third kappa shape index (κ3) is 2.17. The molecule has 0 aliphatic heterocycles. The molecule has 0 amide bonds. The van der Waals surface area contributed by atoms with Crippen LogP contribution in [0.5, 0.6) is 0 Å². The van der Waals surface area contributed by atoms with Crippen molar-refractivity contribution in [1.29, 1.82) is 0 Å². The highest BCUT2D eigenvalue weighted by molar-refractivity contribution is 5.46. The Morgan fingerprint density at radius 3 is 2.77 bits per heavy atom. The fourth-order valence-corrected chi connectivity index (χ4v) is 1.10. The highest BCUT2D eigenvalue weighted by Crippen LogP contribution is 2.20. The van der Waals surface area contributed by atoms with E-state index in [9.17, 15) is 0 Å². The van der Waals surface area contributed by atoms with Crippen molar-refractivity contribution in [2.75, 3.05) is 12.8 Å². The lowest BCUT2D eigenvalue weighted by Crippen LogP contribution is -2.26. The van der Waals surface area contributed by atoms with Crippen LogP contribution in [0.1, 0.15) is 18.5 Å². The second-order valence-corrected chi connectivity index (χ2v) is 2.97. The first-order valence-corrected chi connectivity index (χ1v) is 4.14. The smallest absolute Gasteiger partial charge is 0.0737 e. The minimum Gasteiger partial charge on any atom is -0.398 e. The van der Waals surface area contributed by atoms with Crippen molar-refractivity contribution in [1.82, 2.24) is 4.98 Å². The van der Waals surface area contributed by atoms with Crippen LogP contribution in [-0.4, -0.2) is 18.2 Å². The molecule has 4 N–H and O–H groups in total. The summed E-state index contributed by atoms with van der Waals surface area (Å²) in [6, 6.07) is 1.51. The first kappa shape index (κ1) is 9.95. The molecule has 13 heavy (non-hydrogen) atoms. The molecule has 2 atom stereocenters. The van der Waals surface area contributed by atoms with Crippen molar-refractivity contribution in [3.63, 3.8) is 0 Å². The lowest BCUT2D eigenvalue weighted by molar-refractivity contribution is 0.0957. The number of aromatic nitrogens is 1. The Hall–Kier alpha value is -1.13. The molecule has 0 aliphatic rings. The quantitative estimate of drug-likeness (QED) is 0.719. The standard InChI is InChI=1S/C9H15N3O/c1-6(13-2)9(11)7-5-12-4-3-8(7)10/h3-6,9H,11H2,1-2H3,(H2,10,12). The van der Waals surface area contributed by atoms with E-state index in [0.29, 0.717) is 5.69 Å². The van der Waals surface area contributed by atoms with Gasteiger partial charge in [-0.25, -0.2) is 0 Å². The Kier molecular flexibility index (Phi) is 3.22. The van der Waals surface area contributed by atoms with Gasteiger partial charge in [-0.2, -0.15) is 0 Å². The zero-order chi connectivity index (χ0) is 9.84. The molecule has 2 unspecified atom stereocenters. The van der Waals surface area contributed by atoms with Gasteiger partial charge in [0.2, 0.25) is 0 Å². The second-order valence-electron chi connectivity index (χ2n) is 2.97. The van der Waals surface area contributed by atoms with Gasteiger partial charge in [-0.3, -0.25) is 4.98 Å². The molecule has 1 aromatic heterocycles. The van der Waals surface area contributed by atoms with Gasteiger partial charge >= 0.3 is 0 Å². The van der Waals surface area contributed by atoms with E-state index in [-0.39, 0.29) is 12.1 Å². The summed E-state index contributed by atoms with van der Waals surface area (Å²) < 4.78 is 5.11. The van der Waals surface area contributed by atoms with Crippen LogP contribution in [0.4, 0.5) is 5.69 Å². The van der Waals surface area contributed by atoms with Crippen LogP contribution in [0.2, 0.25) is 0 Å². The first-order chi connectivity index (χ1) is 6.16. The van der Waals surface area contributed by atoms with Crippen molar-refractivity contribution in [3.05, 3.63) is 24.0 Å². The lowest BCUT2D eigenvalue weighted by Gasteiger charge is -2.19. The molecular formula is C9H15N3O. The third-order valence-corrected chi connectivity index (χ3v) is 2.12. The molecule has 4 heteroatoms. The molecule has 0 fully saturated rings. The largest absolute Gasteiger partial charge is 0.398 e. The van der Waals surface area contributed by atoms with E-state index in [2.05, 4.69) is 4.98 Å². The Morgan fingerprint density at radius 1 is 1.54 bits per heavy atom. The van der Waals surface area contributed by atoms with E-state index in [1.54, 1.807) is 25.6 Å². The summed E-state index contributed by atoms with van der Waals surface area (Å²) in [5, 5.41) is 0. The van der Waals surface area contributed by atoms with Gasteiger partial charge in [-0.1, -0.05) is 0 Å². The van der Waals surface area contributed by atoms with Crippen LogP contribution in [0.25, 0.3) is 0 Å². The summed E-state index contributed by atoms with van der Waals surface area (Å²) in [4.78, 5) is 3.97. The van der Waals surface area contributed by atoms with Crippen molar-refractivity contribution >= 4 is 5.69 Å². The summed E-state index contributed by atoms with van der Waals surface area (Å²) in [5.41, 5.74) is 13.1. The summed E-state index contributed by atoms with van der Waals surface area (Å²) in [7, 11) is 1.62. The summed E-state index contributed by atoms with van der Waals surface area (Å²) in [5.74, 6) is 0. The molecule has 0 spiro atoms. The van der Waals surface area contributed by atoms with Crippen molar-refractivity contribution in [3.8, 4) is 0 Å². The predicted molar refractivity (Wildman–Crippen MR) is 52.0 cm³/mol. The Balaban J connectivity index is 2.88. The monoisotopic (exact) mass is 181 g/mol. The van der Waals surface area contributed by atoms with E-state index in [4.69, 9.17) is 16.2 Å². The zero-order valence-corrected chi connectivity index (χ0v) is 7.90. The molecule has 1 heterocycles. The van der Waals surface area contributed by atoms with Crippen LogP contribution in [-0.2, 0) is 4.74 Å². The number of methoxy groups -OCH3 is 1. The molecule has 0 radical (unpaired) electrons. The fourth-order valence-electron chi connectivity index (χ4n) is 1.10. The van der Waals surface area contributed by atoms with E-state index >= 15 is 0 Å². The number of rotatable bonds is 3. The SMILES string of the molecule is COC(C)C(N)c1cnccc1N. The number of nitrogens with zero attached hydrogens (tertiary/aromatic N) is 1. The average molecular weight is 181 g/mol. The number of ether oxygens (including phenoxy) is 1. The molecule has 0 saturated carbocycles. The lowest BCUT2D eigenvalue weighted by atomic mass is 10.0. The van der Waals surface area contributed by atoms with Crippen LogP contribution in [0, 0.1) is 0 Å². The number of nitrogens with two attached hydrogens (primary N) is 2. The topological polar surface area (TPSA) is 74.2 Å². The number of nitrogen functional groups attached to an aromatic ring is 1. The number of hydrogen-bond donors (Lipinski definition) is 2. The minimum atomic E-state index is -0.223. The van der Waals surface area contributed by atoms with E-state index in [1.807, 2.05) is 6.92 Å². The van der Waals surface area contributed by atoms with E-state index in [0.717, 1.165) is 5.56 Å². The average Bonchev–Trinajstić information content (AvgIpc) is 2.16. The maximum Gasteiger partial charge on any atom is 0.0737 e. The van der Waals surface area contributed by atoms with E-state index < -0.39 is 0 Å². The van der Waals surface area contributed by atoms with Crippen molar-refractivity contribution in [2.45, 2.75) is 19.1 Å².